The van der Waals surface area contributed by atoms with Gasteiger partial charge in [0.15, 0.2) is 0 Å². The highest BCUT2D eigenvalue weighted by Crippen LogP contribution is 2.32. The summed E-state index contributed by atoms with van der Waals surface area (Å²) in [7, 11) is 0. The zero-order chi connectivity index (χ0) is 7.78. The van der Waals surface area contributed by atoms with Crippen LogP contribution in [0.15, 0.2) is 0 Å². The van der Waals surface area contributed by atoms with Crippen LogP contribution in [0.2, 0.25) is 0 Å². The maximum atomic E-state index is 10.6. The van der Waals surface area contributed by atoms with Crippen LogP contribution < -0.4 is 5.32 Å². The van der Waals surface area contributed by atoms with E-state index in [1.165, 1.54) is 11.8 Å². The zero-order valence-electron chi connectivity index (χ0n) is 6.05. The minimum absolute atomic E-state index is 0.265. The lowest BCUT2D eigenvalue weighted by molar-refractivity contribution is -0.139. The molecule has 0 aliphatic carbocycles. The van der Waals surface area contributed by atoms with Crippen LogP contribution >= 0.6 is 11.8 Å². The van der Waals surface area contributed by atoms with E-state index < -0.39 is 10.7 Å². The smallest absolute Gasteiger partial charge is 0.320 e. The van der Waals surface area contributed by atoms with Crippen molar-refractivity contribution in [2.45, 2.75) is 24.0 Å². The van der Waals surface area contributed by atoms with Gasteiger partial charge in [-0.2, -0.15) is 0 Å². The third kappa shape index (κ3) is 1.27. The van der Waals surface area contributed by atoms with Gasteiger partial charge in [-0.3, -0.25) is 4.79 Å². The van der Waals surface area contributed by atoms with Crippen LogP contribution in [0, 0.1) is 0 Å². The molecule has 1 aliphatic rings. The van der Waals surface area contributed by atoms with Crippen molar-refractivity contribution >= 4 is 17.7 Å². The Labute approximate surface area is 64.2 Å². The second-order valence-corrected chi connectivity index (χ2v) is 4.52. The molecule has 1 aliphatic heterocycles. The van der Waals surface area contributed by atoms with E-state index in [0.717, 1.165) is 0 Å². The highest BCUT2D eigenvalue weighted by Gasteiger charge is 2.40. The maximum Gasteiger partial charge on any atom is 0.320 e. The summed E-state index contributed by atoms with van der Waals surface area (Å²) in [5, 5.41) is 12.1. The quantitative estimate of drug-likeness (QED) is 0.588. The molecule has 0 spiro atoms. The van der Waals surface area contributed by atoms with Crippen LogP contribution in [-0.2, 0) is 4.79 Å². The fourth-order valence-electron chi connectivity index (χ4n) is 0.938. The van der Waals surface area contributed by atoms with Crippen LogP contribution in [0.5, 0.6) is 0 Å². The summed E-state index contributed by atoms with van der Waals surface area (Å²) in [4.78, 5) is 10.6. The normalized spacial score (nSPS) is 40.0. The molecule has 58 valence electrons. The van der Waals surface area contributed by atoms with E-state index in [1.54, 1.807) is 6.92 Å². The summed E-state index contributed by atoms with van der Waals surface area (Å²) in [6, 6.07) is 0. The number of nitrogens with one attached hydrogen (secondary N) is 1. The molecule has 1 heterocycles. The Kier molecular flexibility index (Phi) is 1.92. The van der Waals surface area contributed by atoms with E-state index in [-0.39, 0.29) is 5.37 Å². The van der Waals surface area contributed by atoms with Crippen molar-refractivity contribution in [2.75, 3.05) is 6.54 Å². The molecule has 3 nitrogen and oxygen atoms in total. The lowest BCUT2D eigenvalue weighted by Crippen LogP contribution is -2.34. The summed E-state index contributed by atoms with van der Waals surface area (Å²) >= 11 is 1.47. The van der Waals surface area contributed by atoms with Gasteiger partial charge in [0.25, 0.3) is 0 Å². The van der Waals surface area contributed by atoms with Gasteiger partial charge in [-0.15, -0.1) is 11.8 Å². The predicted octanol–water partition coefficient (Wildman–Crippen LogP) is 0.512. The first-order valence-corrected chi connectivity index (χ1v) is 4.07. The number of carboxylic acids is 1. The fourth-order valence-corrected chi connectivity index (χ4v) is 2.15. The largest absolute Gasteiger partial charge is 0.480 e. The first-order chi connectivity index (χ1) is 4.54. The molecule has 0 aromatic carbocycles. The summed E-state index contributed by atoms with van der Waals surface area (Å²) in [6.45, 7) is 4.28. The van der Waals surface area contributed by atoms with Gasteiger partial charge in [0.2, 0.25) is 0 Å². The second kappa shape index (κ2) is 2.43. The third-order valence-electron chi connectivity index (χ3n) is 1.62. The molecule has 0 bridgehead atoms. The van der Waals surface area contributed by atoms with Gasteiger partial charge in [-0.1, -0.05) is 0 Å². The highest BCUT2D eigenvalue weighted by atomic mass is 32.2. The Hall–Kier alpha value is -0.220. The van der Waals surface area contributed by atoms with Gasteiger partial charge < -0.3 is 10.4 Å². The van der Waals surface area contributed by atoms with Gasteiger partial charge in [-0.25, -0.2) is 0 Å². The monoisotopic (exact) mass is 161 g/mol. The summed E-state index contributed by atoms with van der Waals surface area (Å²) in [6.07, 6.45) is 0. The maximum absolute atomic E-state index is 10.6. The number of rotatable bonds is 1. The van der Waals surface area contributed by atoms with Crippen molar-refractivity contribution in [3.05, 3.63) is 0 Å². The SMILES string of the molecule is CC1NCC(C)(C(=O)O)S1. The molecule has 1 fully saturated rings. The molecule has 0 aromatic rings. The lowest BCUT2D eigenvalue weighted by Gasteiger charge is -2.14. The van der Waals surface area contributed by atoms with Gasteiger partial charge in [0.1, 0.15) is 4.75 Å². The summed E-state index contributed by atoms with van der Waals surface area (Å²) < 4.78 is -0.612. The van der Waals surface area contributed by atoms with Crippen molar-refractivity contribution in [1.29, 1.82) is 0 Å². The van der Waals surface area contributed by atoms with Gasteiger partial charge >= 0.3 is 5.97 Å². The number of carbonyl (C=O) groups is 1. The van der Waals surface area contributed by atoms with Crippen molar-refractivity contribution < 1.29 is 9.90 Å². The van der Waals surface area contributed by atoms with Crippen molar-refractivity contribution in [2.24, 2.45) is 0 Å². The first kappa shape index (κ1) is 7.88. The van der Waals surface area contributed by atoms with Crippen LogP contribution in [-0.4, -0.2) is 27.7 Å². The molecule has 0 aromatic heterocycles. The zero-order valence-corrected chi connectivity index (χ0v) is 6.86. The van der Waals surface area contributed by atoms with Crippen molar-refractivity contribution in [1.82, 2.24) is 5.32 Å². The van der Waals surface area contributed by atoms with Crippen LogP contribution in [0.1, 0.15) is 13.8 Å². The summed E-state index contributed by atoms with van der Waals surface area (Å²) in [5.41, 5.74) is 0. The molecule has 2 N–H and O–H groups in total. The number of aliphatic carboxylic acids is 1. The van der Waals surface area contributed by atoms with Crippen molar-refractivity contribution in [3.8, 4) is 0 Å². The molecule has 2 atom stereocenters. The minimum Gasteiger partial charge on any atom is -0.480 e. The van der Waals surface area contributed by atoms with Gasteiger partial charge in [0.05, 0.1) is 5.37 Å². The molecule has 0 amide bonds. The van der Waals surface area contributed by atoms with Gasteiger partial charge in [0, 0.05) is 6.54 Å². The fraction of sp³-hybridized carbons (Fsp3) is 0.833. The molecule has 10 heavy (non-hydrogen) atoms. The number of hydrogen-bond acceptors (Lipinski definition) is 3. The molecule has 4 heteroatoms. The van der Waals surface area contributed by atoms with Crippen molar-refractivity contribution in [3.63, 3.8) is 0 Å². The molecule has 2 unspecified atom stereocenters. The van der Waals surface area contributed by atoms with E-state index in [0.29, 0.717) is 6.54 Å². The number of carboxylic acid groups (broad SMARTS) is 1. The average molecular weight is 161 g/mol. The Bertz CT molecular complexity index is 162. The Morgan fingerprint density at radius 2 is 2.50 bits per heavy atom. The van der Waals surface area contributed by atoms with Crippen LogP contribution in [0.4, 0.5) is 0 Å². The number of thioether (sulfide) groups is 1. The molecule has 1 saturated heterocycles. The molecular formula is C6H11NO2S. The predicted molar refractivity (Wildman–Crippen MR) is 41.1 cm³/mol. The Morgan fingerprint density at radius 1 is 1.90 bits per heavy atom. The molecule has 0 saturated carbocycles. The molecule has 0 radical (unpaired) electrons. The van der Waals surface area contributed by atoms with E-state index in [9.17, 15) is 4.79 Å². The van der Waals surface area contributed by atoms with Gasteiger partial charge in [-0.05, 0) is 13.8 Å². The topological polar surface area (TPSA) is 49.3 Å². The standard InChI is InChI=1S/C6H11NO2S/c1-4-7-3-6(2,10-4)5(8)9/h4,7H,3H2,1-2H3,(H,8,9). The van der Waals surface area contributed by atoms with E-state index >= 15 is 0 Å². The molecule has 1 rings (SSSR count). The Morgan fingerprint density at radius 3 is 2.70 bits per heavy atom. The average Bonchev–Trinajstić information content (AvgIpc) is 2.13. The van der Waals surface area contributed by atoms with E-state index in [2.05, 4.69) is 5.32 Å². The minimum atomic E-state index is -0.727. The first-order valence-electron chi connectivity index (χ1n) is 3.19. The van der Waals surface area contributed by atoms with E-state index in [1.807, 2.05) is 6.92 Å². The lowest BCUT2D eigenvalue weighted by atomic mass is 10.2. The van der Waals surface area contributed by atoms with E-state index in [4.69, 9.17) is 5.11 Å². The highest BCUT2D eigenvalue weighted by molar-refractivity contribution is 8.02. The summed E-state index contributed by atoms with van der Waals surface area (Å²) in [5.74, 6) is -0.727. The Balaban J connectivity index is 2.63. The molecular weight excluding hydrogens is 150 g/mol. The number of hydrogen-bond donors (Lipinski definition) is 2. The second-order valence-electron chi connectivity index (χ2n) is 2.68. The van der Waals surface area contributed by atoms with Crippen LogP contribution in [0.3, 0.4) is 0 Å². The third-order valence-corrected chi connectivity index (χ3v) is 2.98. The van der Waals surface area contributed by atoms with Crippen LogP contribution in [0.25, 0.3) is 0 Å².